The minimum absolute atomic E-state index is 0.0820. The maximum absolute atomic E-state index is 11.8. The number of hydrogen-bond acceptors (Lipinski definition) is 3. The summed E-state index contributed by atoms with van der Waals surface area (Å²) in [5, 5.41) is 5.60. The minimum atomic E-state index is -0.379. The average Bonchev–Trinajstić information content (AvgIpc) is 2.76. The third-order valence-corrected chi connectivity index (χ3v) is 3.13. The molecule has 122 valence electrons. The summed E-state index contributed by atoms with van der Waals surface area (Å²) in [5.74, 6) is -0.622. The molecule has 0 radical (unpaired) electrons. The fourth-order valence-electron chi connectivity index (χ4n) is 1.98. The van der Waals surface area contributed by atoms with Crippen molar-refractivity contribution in [1.82, 2.24) is 20.0 Å². The molecule has 2 aromatic rings. The van der Waals surface area contributed by atoms with Crippen molar-refractivity contribution < 1.29 is 9.59 Å². The lowest BCUT2D eigenvalue weighted by molar-refractivity contribution is -0.124. The zero-order chi connectivity index (χ0) is 17.0. The van der Waals surface area contributed by atoms with E-state index in [1.807, 2.05) is 45.2 Å². The van der Waals surface area contributed by atoms with Crippen LogP contribution in [0.15, 0.2) is 30.5 Å². The molecule has 2 aromatic heterocycles. The number of halogens is 1. The van der Waals surface area contributed by atoms with Crippen LogP contribution < -0.4 is 10.6 Å². The van der Waals surface area contributed by atoms with Gasteiger partial charge in [-0.3, -0.25) is 14.0 Å². The van der Waals surface area contributed by atoms with Gasteiger partial charge in [0.05, 0.1) is 12.2 Å². The molecule has 0 aromatic carbocycles. The van der Waals surface area contributed by atoms with E-state index in [9.17, 15) is 9.59 Å². The molecule has 0 fully saturated rings. The van der Waals surface area contributed by atoms with E-state index in [0.29, 0.717) is 16.5 Å². The van der Waals surface area contributed by atoms with E-state index in [0.717, 1.165) is 0 Å². The van der Waals surface area contributed by atoms with Gasteiger partial charge in [0.25, 0.3) is 0 Å². The third kappa shape index (κ3) is 4.82. The quantitative estimate of drug-likeness (QED) is 0.840. The van der Waals surface area contributed by atoms with Gasteiger partial charge in [0.1, 0.15) is 5.65 Å². The number of nitrogens with zero attached hydrogens (tertiary/aromatic N) is 2. The van der Waals surface area contributed by atoms with Gasteiger partial charge in [-0.25, -0.2) is 4.98 Å². The van der Waals surface area contributed by atoms with Crippen LogP contribution in [0.1, 0.15) is 26.5 Å². The molecule has 0 aliphatic rings. The Bertz CT molecular complexity index is 759. The zero-order valence-corrected chi connectivity index (χ0v) is 14.0. The predicted molar refractivity (Wildman–Crippen MR) is 90.1 cm³/mol. The van der Waals surface area contributed by atoms with Crippen molar-refractivity contribution >= 4 is 35.1 Å². The number of nitrogens with one attached hydrogen (secondary N) is 2. The highest BCUT2D eigenvalue weighted by Gasteiger charge is 2.13. The molecule has 23 heavy (non-hydrogen) atoms. The van der Waals surface area contributed by atoms with Gasteiger partial charge in [-0.1, -0.05) is 17.7 Å². The van der Waals surface area contributed by atoms with Crippen molar-refractivity contribution in [2.75, 3.05) is 6.54 Å². The Morgan fingerprint density at radius 3 is 2.78 bits per heavy atom. The van der Waals surface area contributed by atoms with Gasteiger partial charge in [-0.2, -0.15) is 0 Å². The monoisotopic (exact) mass is 334 g/mol. The van der Waals surface area contributed by atoms with Crippen molar-refractivity contribution in [3.05, 3.63) is 41.3 Å². The van der Waals surface area contributed by atoms with Crippen LogP contribution in [0.5, 0.6) is 0 Å². The lowest BCUT2D eigenvalue weighted by Gasteiger charge is -2.20. The molecule has 0 unspecified atom stereocenters. The lowest BCUT2D eigenvalue weighted by atomic mass is 10.1. The highest BCUT2D eigenvalue weighted by molar-refractivity contribution is 6.31. The lowest BCUT2D eigenvalue weighted by Crippen LogP contribution is -2.45. The molecule has 2 amide bonds. The zero-order valence-electron chi connectivity index (χ0n) is 13.3. The molecule has 0 bridgehead atoms. The van der Waals surface area contributed by atoms with Crippen molar-refractivity contribution in [3.8, 4) is 0 Å². The molecular formula is C16H19ClN4O2. The van der Waals surface area contributed by atoms with Gasteiger partial charge in [-0.05, 0) is 39.0 Å². The molecule has 0 saturated carbocycles. The summed E-state index contributed by atoms with van der Waals surface area (Å²) in [6.07, 6.45) is 4.70. The van der Waals surface area contributed by atoms with Crippen molar-refractivity contribution in [1.29, 1.82) is 0 Å². The van der Waals surface area contributed by atoms with E-state index < -0.39 is 0 Å². The van der Waals surface area contributed by atoms with Gasteiger partial charge >= 0.3 is 0 Å². The first-order valence-electron chi connectivity index (χ1n) is 7.16. The Labute approximate surface area is 139 Å². The minimum Gasteiger partial charge on any atom is -0.350 e. The van der Waals surface area contributed by atoms with Crippen LogP contribution in [-0.4, -0.2) is 33.3 Å². The second kappa shape index (κ2) is 6.83. The van der Waals surface area contributed by atoms with Gasteiger partial charge < -0.3 is 10.6 Å². The van der Waals surface area contributed by atoms with Crippen LogP contribution in [0, 0.1) is 0 Å². The number of hydrogen-bond donors (Lipinski definition) is 2. The maximum Gasteiger partial charge on any atom is 0.244 e. The van der Waals surface area contributed by atoms with Crippen molar-refractivity contribution in [2.45, 2.75) is 26.3 Å². The fraction of sp³-hybridized carbons (Fsp3) is 0.312. The number of imidazole rings is 1. The topological polar surface area (TPSA) is 75.5 Å². The van der Waals surface area contributed by atoms with E-state index in [1.54, 1.807) is 10.5 Å². The summed E-state index contributed by atoms with van der Waals surface area (Å²) in [7, 11) is 0. The number of fused-ring (bicyclic) bond motifs is 1. The number of rotatable bonds is 4. The summed E-state index contributed by atoms with van der Waals surface area (Å²) in [6.45, 7) is 5.54. The van der Waals surface area contributed by atoms with Gasteiger partial charge in [0, 0.05) is 17.8 Å². The largest absolute Gasteiger partial charge is 0.350 e. The standard InChI is InChI=1S/C16H19ClN4O2/c1-16(2,3)20-14(23)10-18-13(22)8-7-11-15(17)19-12-6-4-5-9-21(11)12/h4-9H,10H2,1-3H3,(H,18,22)(H,20,23)/b8-7+. The first kappa shape index (κ1) is 17.0. The first-order valence-corrected chi connectivity index (χ1v) is 7.53. The molecule has 2 heterocycles. The van der Waals surface area contributed by atoms with E-state index in [-0.39, 0.29) is 23.9 Å². The Morgan fingerprint density at radius 1 is 1.35 bits per heavy atom. The van der Waals surface area contributed by atoms with Gasteiger partial charge in [0.2, 0.25) is 11.8 Å². The number of amides is 2. The summed E-state index contributed by atoms with van der Waals surface area (Å²) in [4.78, 5) is 27.6. The highest BCUT2D eigenvalue weighted by Crippen LogP contribution is 2.18. The van der Waals surface area contributed by atoms with Crippen molar-refractivity contribution in [2.24, 2.45) is 0 Å². The molecule has 0 atom stereocenters. The third-order valence-electron chi connectivity index (χ3n) is 2.85. The average molecular weight is 335 g/mol. The smallest absolute Gasteiger partial charge is 0.244 e. The summed E-state index contributed by atoms with van der Waals surface area (Å²) in [6, 6.07) is 5.52. The van der Waals surface area contributed by atoms with Gasteiger partial charge in [-0.15, -0.1) is 0 Å². The molecule has 0 aliphatic heterocycles. The summed E-state index contributed by atoms with van der Waals surface area (Å²) >= 11 is 6.07. The van der Waals surface area contributed by atoms with Gasteiger partial charge in [0.15, 0.2) is 5.15 Å². The Morgan fingerprint density at radius 2 is 2.09 bits per heavy atom. The predicted octanol–water partition coefficient (Wildman–Crippen LogP) is 2.03. The van der Waals surface area contributed by atoms with Crippen LogP contribution in [-0.2, 0) is 9.59 Å². The highest BCUT2D eigenvalue weighted by atomic mass is 35.5. The van der Waals surface area contributed by atoms with Crippen LogP contribution in [0.25, 0.3) is 11.7 Å². The van der Waals surface area contributed by atoms with Crippen LogP contribution >= 0.6 is 11.6 Å². The van der Waals surface area contributed by atoms with E-state index in [2.05, 4.69) is 15.6 Å². The van der Waals surface area contributed by atoms with E-state index in [4.69, 9.17) is 11.6 Å². The first-order chi connectivity index (χ1) is 10.8. The number of pyridine rings is 1. The van der Waals surface area contributed by atoms with Crippen LogP contribution in [0.3, 0.4) is 0 Å². The SMILES string of the molecule is CC(C)(C)NC(=O)CNC(=O)/C=C/c1c(Cl)nc2ccccn12. The van der Waals surface area contributed by atoms with Crippen molar-refractivity contribution in [3.63, 3.8) is 0 Å². The van der Waals surface area contributed by atoms with Crippen LogP contribution in [0.4, 0.5) is 0 Å². The van der Waals surface area contributed by atoms with Crippen LogP contribution in [0.2, 0.25) is 5.15 Å². The molecule has 7 heteroatoms. The molecule has 0 aliphatic carbocycles. The summed E-state index contributed by atoms with van der Waals surface area (Å²) in [5.41, 5.74) is 0.973. The molecular weight excluding hydrogens is 316 g/mol. The Hall–Kier alpha value is -2.34. The second-order valence-electron chi connectivity index (χ2n) is 6.07. The number of carbonyl (C=O) groups is 2. The number of aromatic nitrogens is 2. The number of carbonyl (C=O) groups excluding carboxylic acids is 2. The fourth-order valence-corrected chi connectivity index (χ4v) is 2.22. The summed E-state index contributed by atoms with van der Waals surface area (Å²) < 4.78 is 1.78. The second-order valence-corrected chi connectivity index (χ2v) is 6.42. The van der Waals surface area contributed by atoms with E-state index in [1.165, 1.54) is 6.08 Å². The maximum atomic E-state index is 11.8. The molecule has 2 N–H and O–H groups in total. The molecule has 6 nitrogen and oxygen atoms in total. The molecule has 2 rings (SSSR count). The molecule has 0 spiro atoms. The molecule has 0 saturated heterocycles. The Kier molecular flexibility index (Phi) is 5.05. The normalized spacial score (nSPS) is 11.8. The Balaban J connectivity index is 1.98. The van der Waals surface area contributed by atoms with E-state index >= 15 is 0 Å².